The van der Waals surface area contributed by atoms with E-state index in [0.29, 0.717) is 11.8 Å². The normalized spacial score (nSPS) is 23.2. The van der Waals surface area contributed by atoms with E-state index in [-0.39, 0.29) is 6.04 Å². The Balaban J connectivity index is 1.66. The molecule has 5 rings (SSSR count). The molecule has 1 aliphatic carbocycles. The summed E-state index contributed by atoms with van der Waals surface area (Å²) in [5.74, 6) is 0.992. The molecule has 0 aromatic heterocycles. The monoisotopic (exact) mass is 357 g/mol. The van der Waals surface area contributed by atoms with E-state index in [9.17, 15) is 0 Å². The number of hydrogen-bond donors (Lipinski definition) is 1. The molecule has 3 aromatic carbocycles. The van der Waals surface area contributed by atoms with Gasteiger partial charge in [-0.15, -0.1) is 0 Å². The van der Waals surface area contributed by atoms with Crippen molar-refractivity contribution < 1.29 is 0 Å². The molecule has 1 nitrogen and oxygen atoms in total. The second kappa shape index (κ2) is 6.34. The number of halogens is 1. The third kappa shape index (κ3) is 2.55. The van der Waals surface area contributed by atoms with E-state index < -0.39 is 0 Å². The molecular weight excluding hydrogens is 338 g/mol. The number of allylic oxidation sites excluding steroid dienone is 2. The van der Waals surface area contributed by atoms with Crippen LogP contribution in [-0.2, 0) is 0 Å². The molecule has 0 bridgehead atoms. The van der Waals surface area contributed by atoms with Crippen molar-refractivity contribution in [2.24, 2.45) is 5.92 Å². The van der Waals surface area contributed by atoms with Crippen LogP contribution in [0.3, 0.4) is 0 Å². The molecule has 0 unspecified atom stereocenters. The predicted octanol–water partition coefficient (Wildman–Crippen LogP) is 6.83. The molecule has 0 amide bonds. The molecule has 0 saturated carbocycles. The number of nitrogens with one attached hydrogen (secondary N) is 1. The number of para-hydroxylation sites is 1. The van der Waals surface area contributed by atoms with Crippen molar-refractivity contribution in [1.82, 2.24) is 0 Å². The number of anilines is 1. The second-order valence-electron chi connectivity index (χ2n) is 7.17. The number of fused-ring (bicyclic) bond motifs is 3. The molecule has 2 heteroatoms. The SMILES string of the molecule is Clc1cccc([C@@H]2Nc3c(-c4ccccc4)cccc3[C@H]3C=CC[C@@H]32)c1. The fraction of sp³-hybridized carbons (Fsp3) is 0.167. The first-order chi connectivity index (χ1) is 12.8. The molecule has 26 heavy (non-hydrogen) atoms. The standard InChI is InChI=1S/C24H20ClN/c25-18-10-4-9-17(15-18)23-21-13-6-12-20(21)22-14-5-11-19(24(22)26-23)16-7-2-1-3-8-16/h1-12,14-15,20-21,23,26H,13H2/t20-,21-,23-/m0/s1. The van der Waals surface area contributed by atoms with Crippen molar-refractivity contribution in [1.29, 1.82) is 0 Å². The van der Waals surface area contributed by atoms with Gasteiger partial charge in [0.1, 0.15) is 0 Å². The minimum Gasteiger partial charge on any atom is -0.377 e. The Kier molecular flexibility index (Phi) is 3.83. The third-order valence-corrected chi connectivity index (χ3v) is 5.92. The highest BCUT2D eigenvalue weighted by atomic mass is 35.5. The summed E-state index contributed by atoms with van der Waals surface area (Å²) in [6.07, 6.45) is 5.82. The van der Waals surface area contributed by atoms with Gasteiger partial charge in [-0.25, -0.2) is 0 Å². The van der Waals surface area contributed by atoms with Gasteiger partial charge >= 0.3 is 0 Å². The van der Waals surface area contributed by atoms with Gasteiger partial charge in [0, 0.05) is 22.2 Å². The van der Waals surface area contributed by atoms with E-state index in [1.165, 1.54) is 27.9 Å². The molecule has 0 spiro atoms. The van der Waals surface area contributed by atoms with Crippen LogP contribution in [0.25, 0.3) is 11.1 Å². The summed E-state index contributed by atoms with van der Waals surface area (Å²) < 4.78 is 0. The molecule has 3 atom stereocenters. The van der Waals surface area contributed by atoms with Gasteiger partial charge in [0.2, 0.25) is 0 Å². The fourth-order valence-electron chi connectivity index (χ4n) is 4.51. The fourth-order valence-corrected chi connectivity index (χ4v) is 4.71. The zero-order valence-electron chi connectivity index (χ0n) is 14.4. The summed E-state index contributed by atoms with van der Waals surface area (Å²) in [5.41, 5.74) is 6.46. The number of rotatable bonds is 2. The van der Waals surface area contributed by atoms with E-state index in [0.717, 1.165) is 11.4 Å². The molecular formula is C24H20ClN. The highest BCUT2D eigenvalue weighted by Gasteiger charge is 2.38. The van der Waals surface area contributed by atoms with Crippen LogP contribution in [-0.4, -0.2) is 0 Å². The zero-order chi connectivity index (χ0) is 17.5. The molecule has 1 aliphatic heterocycles. The Morgan fingerprint density at radius 1 is 0.885 bits per heavy atom. The second-order valence-corrected chi connectivity index (χ2v) is 7.60. The topological polar surface area (TPSA) is 12.0 Å². The van der Waals surface area contributed by atoms with Gasteiger partial charge in [-0.1, -0.05) is 84.4 Å². The lowest BCUT2D eigenvalue weighted by Crippen LogP contribution is -2.29. The van der Waals surface area contributed by atoms with E-state index in [2.05, 4.69) is 84.2 Å². The molecule has 128 valence electrons. The van der Waals surface area contributed by atoms with Crippen LogP contribution in [0.1, 0.15) is 29.5 Å². The Morgan fingerprint density at radius 3 is 2.58 bits per heavy atom. The molecule has 3 aromatic rings. The van der Waals surface area contributed by atoms with E-state index in [1.54, 1.807) is 0 Å². The predicted molar refractivity (Wildman–Crippen MR) is 110 cm³/mol. The number of hydrogen-bond acceptors (Lipinski definition) is 1. The Labute approximate surface area is 159 Å². The molecule has 0 saturated heterocycles. The van der Waals surface area contributed by atoms with Gasteiger partial charge in [0.15, 0.2) is 0 Å². The summed E-state index contributed by atoms with van der Waals surface area (Å²) in [4.78, 5) is 0. The van der Waals surface area contributed by atoms with Crippen LogP contribution in [0.2, 0.25) is 5.02 Å². The van der Waals surface area contributed by atoms with Crippen molar-refractivity contribution in [3.05, 3.63) is 101 Å². The van der Waals surface area contributed by atoms with E-state index in [4.69, 9.17) is 11.6 Å². The first-order valence-electron chi connectivity index (χ1n) is 9.18. The summed E-state index contributed by atoms with van der Waals surface area (Å²) in [5, 5.41) is 4.68. The van der Waals surface area contributed by atoms with Crippen LogP contribution in [0, 0.1) is 5.92 Å². The van der Waals surface area contributed by atoms with Crippen molar-refractivity contribution in [2.75, 3.05) is 5.32 Å². The van der Waals surface area contributed by atoms with Crippen molar-refractivity contribution in [2.45, 2.75) is 18.4 Å². The van der Waals surface area contributed by atoms with Crippen LogP contribution in [0.4, 0.5) is 5.69 Å². The zero-order valence-corrected chi connectivity index (χ0v) is 15.2. The van der Waals surface area contributed by atoms with Crippen LogP contribution >= 0.6 is 11.6 Å². The maximum atomic E-state index is 6.29. The van der Waals surface area contributed by atoms with Gasteiger partial charge in [-0.3, -0.25) is 0 Å². The molecule has 1 heterocycles. The highest BCUT2D eigenvalue weighted by molar-refractivity contribution is 6.30. The summed E-state index contributed by atoms with van der Waals surface area (Å²) in [6.45, 7) is 0. The van der Waals surface area contributed by atoms with E-state index >= 15 is 0 Å². The average molecular weight is 358 g/mol. The quantitative estimate of drug-likeness (QED) is 0.495. The number of benzene rings is 3. The summed E-state index contributed by atoms with van der Waals surface area (Å²) in [6, 6.07) is 25.9. The molecule has 0 radical (unpaired) electrons. The minimum atomic E-state index is 0.270. The van der Waals surface area contributed by atoms with Crippen molar-refractivity contribution in [3.63, 3.8) is 0 Å². The largest absolute Gasteiger partial charge is 0.377 e. The lowest BCUT2D eigenvalue weighted by molar-refractivity contribution is 0.426. The molecule has 1 N–H and O–H groups in total. The highest BCUT2D eigenvalue weighted by Crippen LogP contribution is 2.52. The van der Waals surface area contributed by atoms with E-state index in [1.807, 2.05) is 6.07 Å². The van der Waals surface area contributed by atoms with Gasteiger partial charge in [0.05, 0.1) is 6.04 Å². The first-order valence-corrected chi connectivity index (χ1v) is 9.56. The van der Waals surface area contributed by atoms with Crippen molar-refractivity contribution in [3.8, 4) is 11.1 Å². The summed E-state index contributed by atoms with van der Waals surface area (Å²) in [7, 11) is 0. The van der Waals surface area contributed by atoms with Crippen LogP contribution in [0.5, 0.6) is 0 Å². The van der Waals surface area contributed by atoms with Gasteiger partial charge in [-0.05, 0) is 41.2 Å². The van der Waals surface area contributed by atoms with Crippen LogP contribution in [0.15, 0.2) is 84.9 Å². The van der Waals surface area contributed by atoms with Crippen LogP contribution < -0.4 is 5.32 Å². The Morgan fingerprint density at radius 2 is 1.73 bits per heavy atom. The van der Waals surface area contributed by atoms with Gasteiger partial charge in [-0.2, -0.15) is 0 Å². The maximum absolute atomic E-state index is 6.29. The molecule has 2 aliphatic rings. The first kappa shape index (κ1) is 15.7. The lowest BCUT2D eigenvalue weighted by atomic mass is 9.76. The van der Waals surface area contributed by atoms with Crippen molar-refractivity contribution >= 4 is 17.3 Å². The molecule has 0 fully saturated rings. The summed E-state index contributed by atoms with van der Waals surface area (Å²) >= 11 is 6.29. The Bertz CT molecular complexity index is 977. The lowest BCUT2D eigenvalue weighted by Gasteiger charge is -2.38. The third-order valence-electron chi connectivity index (χ3n) is 5.69. The minimum absolute atomic E-state index is 0.270. The average Bonchev–Trinajstić information content (AvgIpc) is 3.18. The maximum Gasteiger partial charge on any atom is 0.0554 e. The van der Waals surface area contributed by atoms with Gasteiger partial charge < -0.3 is 5.32 Å². The van der Waals surface area contributed by atoms with Gasteiger partial charge in [0.25, 0.3) is 0 Å². The Hall–Kier alpha value is -2.51. The smallest absolute Gasteiger partial charge is 0.0554 e.